The largest absolute Gasteiger partial charge is 0.472 e. The number of carbonyl (C=O) groups excluding carboxylic acids is 1. The summed E-state index contributed by atoms with van der Waals surface area (Å²) in [7, 11) is -4.53. The fraction of sp³-hybridized carbons (Fsp3) is 0.685. The van der Waals surface area contributed by atoms with Gasteiger partial charge in [-0.2, -0.15) is 0 Å². The number of rotatable bonds is 47. The SMILES string of the molecule is CC/C=C\C/C=C\C/C=C\C/C=C\CCCCCCCCCCCOCC(COP(=O)(O)OCC(O)CO)OC(=O)CCCCCCCCCC/C=C\C/C=C\C/C=C\C/C=C\CC. The maximum absolute atomic E-state index is 12.7. The Balaban J connectivity index is 4.13. The van der Waals surface area contributed by atoms with Gasteiger partial charge >= 0.3 is 13.8 Å². The van der Waals surface area contributed by atoms with E-state index in [1.165, 1.54) is 64.2 Å². The summed E-state index contributed by atoms with van der Waals surface area (Å²) in [6.45, 7) is 3.26. The number of aliphatic hydroxyl groups excluding tert-OH is 2. The Kier molecular flexibility index (Phi) is 47.8. The molecule has 0 bridgehead atoms. The van der Waals surface area contributed by atoms with Gasteiger partial charge in [0.15, 0.2) is 0 Å². The van der Waals surface area contributed by atoms with Crippen LogP contribution in [0.1, 0.15) is 194 Å². The Hall–Kier alpha value is -2.62. The molecule has 0 aromatic rings. The first kappa shape index (κ1) is 61.4. The lowest BCUT2D eigenvalue weighted by molar-refractivity contribution is -0.154. The predicted molar refractivity (Wildman–Crippen MR) is 269 cm³/mol. The lowest BCUT2D eigenvalue weighted by Crippen LogP contribution is -2.29. The summed E-state index contributed by atoms with van der Waals surface area (Å²) in [5, 5.41) is 18.4. The fourth-order valence-electron chi connectivity index (χ4n) is 6.51. The second-order valence-electron chi connectivity index (χ2n) is 16.4. The molecule has 0 aromatic heterocycles. The van der Waals surface area contributed by atoms with Crippen molar-refractivity contribution in [3.8, 4) is 0 Å². The second-order valence-corrected chi connectivity index (χ2v) is 17.9. The third-order valence-corrected chi connectivity index (χ3v) is 11.2. The van der Waals surface area contributed by atoms with Crippen LogP contribution in [-0.2, 0) is 27.9 Å². The highest BCUT2D eigenvalue weighted by Crippen LogP contribution is 2.43. The van der Waals surface area contributed by atoms with Crippen molar-refractivity contribution in [2.24, 2.45) is 0 Å². The lowest BCUT2D eigenvalue weighted by atomic mass is 10.1. The van der Waals surface area contributed by atoms with Gasteiger partial charge < -0.3 is 24.6 Å². The molecule has 368 valence electrons. The monoisotopic (exact) mass is 917 g/mol. The van der Waals surface area contributed by atoms with Gasteiger partial charge in [0.05, 0.1) is 26.4 Å². The smallest absolute Gasteiger partial charge is 0.457 e. The lowest BCUT2D eigenvalue weighted by Gasteiger charge is -2.20. The summed E-state index contributed by atoms with van der Waals surface area (Å²) in [4.78, 5) is 22.7. The molecule has 0 rings (SSSR count). The van der Waals surface area contributed by atoms with E-state index in [1.807, 2.05) is 0 Å². The molecule has 3 N–H and O–H groups in total. The molecule has 10 heteroatoms. The molecule has 0 amide bonds. The number of hydrogen-bond acceptors (Lipinski definition) is 8. The van der Waals surface area contributed by atoms with Gasteiger partial charge in [0.1, 0.15) is 12.2 Å². The number of ether oxygens (including phenoxy) is 2. The molecule has 0 heterocycles. The summed E-state index contributed by atoms with van der Waals surface area (Å²) in [6.07, 6.45) is 63.7. The zero-order chi connectivity index (χ0) is 46.7. The maximum Gasteiger partial charge on any atom is 0.472 e. The zero-order valence-electron chi connectivity index (χ0n) is 40.5. The van der Waals surface area contributed by atoms with Crippen LogP contribution >= 0.6 is 7.82 Å². The zero-order valence-corrected chi connectivity index (χ0v) is 41.4. The van der Waals surface area contributed by atoms with E-state index in [0.717, 1.165) is 103 Å². The van der Waals surface area contributed by atoms with Crippen LogP contribution in [-0.4, -0.2) is 66.3 Å². The molecule has 3 atom stereocenters. The fourth-order valence-corrected chi connectivity index (χ4v) is 7.30. The van der Waals surface area contributed by atoms with Crippen LogP contribution < -0.4 is 0 Å². The predicted octanol–water partition coefficient (Wildman–Crippen LogP) is 14.8. The number of phosphoric acid groups is 1. The summed E-state index contributed by atoms with van der Waals surface area (Å²) in [5.41, 5.74) is 0. The van der Waals surface area contributed by atoms with Gasteiger partial charge in [-0.05, 0) is 89.9 Å². The molecule has 9 nitrogen and oxygen atoms in total. The standard InChI is InChI=1S/C54H93O9P/c1-3-5-7-9-11-13-15-17-19-21-23-25-27-29-31-33-35-37-39-41-43-45-47-60-50-53(51-62-64(58,59)61-49-52(56)48-55)63-54(57)46-44-42-40-38-36-34-32-30-28-26-24-22-20-18-16-14-12-10-8-6-4-2/h5-8,11-14,17-20,23-26,52-53,55-56H,3-4,9-10,15-16,21-22,27-51H2,1-2H3,(H,58,59)/b7-5-,8-6-,13-11-,14-12-,19-17-,20-18-,25-23-,26-24-. The molecule has 0 saturated carbocycles. The van der Waals surface area contributed by atoms with E-state index < -0.39 is 39.2 Å². The molecule has 0 aliphatic heterocycles. The number of esters is 1. The van der Waals surface area contributed by atoms with Gasteiger partial charge in [-0.1, -0.05) is 195 Å². The first-order valence-corrected chi connectivity index (χ1v) is 26.7. The summed E-state index contributed by atoms with van der Waals surface area (Å²) >= 11 is 0. The summed E-state index contributed by atoms with van der Waals surface area (Å²) < 4.78 is 33.5. The topological polar surface area (TPSA) is 132 Å². The molecule has 0 aliphatic carbocycles. The van der Waals surface area contributed by atoms with Gasteiger partial charge in [0, 0.05) is 13.0 Å². The molecule has 3 unspecified atom stereocenters. The van der Waals surface area contributed by atoms with Crippen LogP contribution in [0.4, 0.5) is 0 Å². The van der Waals surface area contributed by atoms with Crippen molar-refractivity contribution < 1.29 is 43.0 Å². The van der Waals surface area contributed by atoms with Gasteiger partial charge in [-0.3, -0.25) is 13.8 Å². The Morgan fingerprint density at radius 1 is 0.484 bits per heavy atom. The third-order valence-electron chi connectivity index (χ3n) is 10.3. The number of carbonyl (C=O) groups is 1. The van der Waals surface area contributed by atoms with Crippen LogP contribution in [0, 0.1) is 0 Å². The van der Waals surface area contributed by atoms with Gasteiger partial charge in [-0.15, -0.1) is 0 Å². The molecule has 0 spiro atoms. The van der Waals surface area contributed by atoms with Gasteiger partial charge in [0.2, 0.25) is 0 Å². The van der Waals surface area contributed by atoms with Crippen molar-refractivity contribution in [2.45, 2.75) is 206 Å². The average Bonchev–Trinajstić information content (AvgIpc) is 3.29. The van der Waals surface area contributed by atoms with Crippen molar-refractivity contribution in [3.05, 3.63) is 97.2 Å². The van der Waals surface area contributed by atoms with Crippen LogP contribution in [0.25, 0.3) is 0 Å². The molecule has 64 heavy (non-hydrogen) atoms. The minimum atomic E-state index is -4.53. The van der Waals surface area contributed by atoms with Crippen LogP contribution in [0.2, 0.25) is 0 Å². The number of hydrogen-bond donors (Lipinski definition) is 3. The van der Waals surface area contributed by atoms with E-state index in [-0.39, 0.29) is 19.6 Å². The van der Waals surface area contributed by atoms with Crippen molar-refractivity contribution in [2.75, 3.05) is 33.0 Å². The van der Waals surface area contributed by atoms with Crippen molar-refractivity contribution in [1.82, 2.24) is 0 Å². The summed E-state index contributed by atoms with van der Waals surface area (Å²) in [6, 6.07) is 0. The van der Waals surface area contributed by atoms with Crippen LogP contribution in [0.5, 0.6) is 0 Å². The van der Waals surface area contributed by atoms with E-state index in [1.54, 1.807) is 0 Å². The molecule has 0 aromatic carbocycles. The maximum atomic E-state index is 12.7. The molecule has 0 saturated heterocycles. The van der Waals surface area contributed by atoms with Crippen molar-refractivity contribution in [1.29, 1.82) is 0 Å². The summed E-state index contributed by atoms with van der Waals surface area (Å²) in [5.74, 6) is -0.396. The Morgan fingerprint density at radius 2 is 0.844 bits per heavy atom. The first-order valence-electron chi connectivity index (χ1n) is 25.2. The van der Waals surface area contributed by atoms with Crippen molar-refractivity contribution >= 4 is 13.8 Å². The Morgan fingerprint density at radius 3 is 1.27 bits per heavy atom. The highest BCUT2D eigenvalue weighted by atomic mass is 31.2. The average molecular weight is 917 g/mol. The minimum Gasteiger partial charge on any atom is -0.457 e. The van der Waals surface area contributed by atoms with E-state index in [9.17, 15) is 19.4 Å². The quantitative estimate of drug-likeness (QED) is 0.0236. The van der Waals surface area contributed by atoms with E-state index in [2.05, 4.69) is 111 Å². The second kappa shape index (κ2) is 49.8. The Labute approximate surface area is 391 Å². The molecular formula is C54H93O9P. The first-order chi connectivity index (χ1) is 31.3. The molecule has 0 fully saturated rings. The number of unbranched alkanes of at least 4 members (excludes halogenated alkanes) is 17. The highest BCUT2D eigenvalue weighted by Gasteiger charge is 2.26. The number of phosphoric ester groups is 1. The normalized spacial score (nSPS) is 14.6. The number of aliphatic hydroxyl groups is 2. The van der Waals surface area contributed by atoms with Crippen LogP contribution in [0.15, 0.2) is 97.2 Å². The third kappa shape index (κ3) is 48.8. The molecule has 0 radical (unpaired) electrons. The van der Waals surface area contributed by atoms with Gasteiger partial charge in [-0.25, -0.2) is 4.57 Å². The number of allylic oxidation sites excluding steroid dienone is 16. The molecular weight excluding hydrogens is 824 g/mol. The minimum absolute atomic E-state index is 0.0359. The van der Waals surface area contributed by atoms with E-state index in [4.69, 9.17) is 23.6 Å². The molecule has 0 aliphatic rings. The van der Waals surface area contributed by atoms with Gasteiger partial charge in [0.25, 0.3) is 0 Å². The van der Waals surface area contributed by atoms with E-state index in [0.29, 0.717) is 13.0 Å². The Bertz CT molecular complexity index is 1320. The van der Waals surface area contributed by atoms with Crippen molar-refractivity contribution in [3.63, 3.8) is 0 Å². The van der Waals surface area contributed by atoms with E-state index >= 15 is 0 Å². The van der Waals surface area contributed by atoms with Crippen LogP contribution in [0.3, 0.4) is 0 Å². The highest BCUT2D eigenvalue weighted by molar-refractivity contribution is 7.47.